The monoisotopic (exact) mass is 545 g/mol. The molecule has 40 heavy (non-hydrogen) atoms. The Labute approximate surface area is 236 Å². The second-order valence-corrected chi connectivity index (χ2v) is 10.6. The Morgan fingerprint density at radius 3 is 2.40 bits per heavy atom. The van der Waals surface area contributed by atoms with Crippen molar-refractivity contribution in [3.05, 3.63) is 98.6 Å². The van der Waals surface area contributed by atoms with Gasteiger partial charge in [-0.25, -0.2) is 0 Å². The number of allylic oxidation sites excluding steroid dienone is 2. The topological polar surface area (TPSA) is 108 Å². The molecule has 9 nitrogen and oxygen atoms in total. The molecule has 1 unspecified atom stereocenters. The standard InChI is InChI=1S/C31H39N5O4/c1-3-28-31(29(30(32-21-37)23(2)33-28)26-10-12-27(13-11-26)36(39)40)35(22-38)17-7-16-34-18-14-25(15-19-34)20-24-8-5-4-6-9-24/h4-6,8-13,21-22,25,29,33H,3,7,14-20H2,1-2H3,(H,32,37). The molecule has 2 aliphatic heterocycles. The van der Waals surface area contributed by atoms with E-state index in [9.17, 15) is 19.7 Å². The number of non-ortho nitro benzene ring substituents is 1. The van der Waals surface area contributed by atoms with Gasteiger partial charge in [0.15, 0.2) is 0 Å². The van der Waals surface area contributed by atoms with Crippen molar-refractivity contribution in [2.45, 2.75) is 51.9 Å². The molecule has 0 bridgehead atoms. The molecule has 2 aliphatic rings. The van der Waals surface area contributed by atoms with Crippen molar-refractivity contribution in [3.63, 3.8) is 0 Å². The van der Waals surface area contributed by atoms with Gasteiger partial charge in [0.2, 0.25) is 12.8 Å². The average Bonchev–Trinajstić information content (AvgIpc) is 2.98. The number of likely N-dealkylation sites (tertiary alicyclic amines) is 1. The smallest absolute Gasteiger partial charge is 0.269 e. The van der Waals surface area contributed by atoms with Gasteiger partial charge in [-0.1, -0.05) is 49.4 Å². The number of benzene rings is 2. The summed E-state index contributed by atoms with van der Waals surface area (Å²) in [5.74, 6) is 0.262. The molecule has 2 aromatic rings. The van der Waals surface area contributed by atoms with Gasteiger partial charge in [-0.05, 0) is 75.7 Å². The van der Waals surface area contributed by atoms with E-state index < -0.39 is 10.8 Å². The van der Waals surface area contributed by atoms with Crippen LogP contribution in [0.1, 0.15) is 56.6 Å². The third kappa shape index (κ3) is 6.96. The third-order valence-electron chi connectivity index (χ3n) is 8.00. The fourth-order valence-corrected chi connectivity index (χ4v) is 5.92. The Kier molecular flexibility index (Phi) is 10.1. The highest BCUT2D eigenvalue weighted by Gasteiger charge is 2.33. The maximum absolute atomic E-state index is 12.5. The third-order valence-corrected chi connectivity index (χ3v) is 8.00. The summed E-state index contributed by atoms with van der Waals surface area (Å²) in [6.45, 7) is 7.45. The van der Waals surface area contributed by atoms with Crippen molar-refractivity contribution in [1.82, 2.24) is 20.4 Å². The molecule has 1 fully saturated rings. The van der Waals surface area contributed by atoms with E-state index in [0.29, 0.717) is 31.0 Å². The van der Waals surface area contributed by atoms with E-state index in [2.05, 4.69) is 45.9 Å². The van der Waals surface area contributed by atoms with E-state index in [-0.39, 0.29) is 5.69 Å². The summed E-state index contributed by atoms with van der Waals surface area (Å²) >= 11 is 0. The van der Waals surface area contributed by atoms with E-state index in [4.69, 9.17) is 0 Å². The zero-order valence-electron chi connectivity index (χ0n) is 23.3. The predicted molar refractivity (Wildman–Crippen MR) is 155 cm³/mol. The fraction of sp³-hybridized carbons (Fsp3) is 0.419. The number of hydrogen-bond donors (Lipinski definition) is 2. The molecule has 2 amide bonds. The lowest BCUT2D eigenvalue weighted by Crippen LogP contribution is -2.40. The first-order valence-corrected chi connectivity index (χ1v) is 14.1. The molecule has 0 radical (unpaired) electrons. The van der Waals surface area contributed by atoms with Crippen LogP contribution < -0.4 is 10.6 Å². The number of nitro benzene ring substituents is 1. The molecule has 212 valence electrons. The Morgan fingerprint density at radius 2 is 1.80 bits per heavy atom. The molecular formula is C31H39N5O4. The Morgan fingerprint density at radius 1 is 1.10 bits per heavy atom. The van der Waals surface area contributed by atoms with Gasteiger partial charge in [-0.3, -0.25) is 19.7 Å². The molecule has 9 heteroatoms. The van der Waals surface area contributed by atoms with E-state index in [1.165, 1.54) is 30.5 Å². The lowest BCUT2D eigenvalue weighted by molar-refractivity contribution is -0.384. The number of nitrogens with zero attached hydrogens (tertiary/aromatic N) is 3. The zero-order valence-corrected chi connectivity index (χ0v) is 23.3. The zero-order chi connectivity index (χ0) is 28.5. The summed E-state index contributed by atoms with van der Waals surface area (Å²) in [6.07, 6.45) is 6.43. The Hall–Kier alpha value is -3.98. The fourth-order valence-electron chi connectivity index (χ4n) is 5.92. The van der Waals surface area contributed by atoms with Crippen molar-refractivity contribution >= 4 is 18.5 Å². The second kappa shape index (κ2) is 13.9. The quantitative estimate of drug-likeness (QED) is 0.215. The molecule has 0 aromatic heterocycles. The van der Waals surface area contributed by atoms with Crippen LogP contribution in [0.3, 0.4) is 0 Å². The lowest BCUT2D eigenvalue weighted by Gasteiger charge is -2.37. The van der Waals surface area contributed by atoms with Gasteiger partial charge in [0.25, 0.3) is 5.69 Å². The predicted octanol–water partition coefficient (Wildman–Crippen LogP) is 4.68. The number of dihydropyridines is 1. The van der Waals surface area contributed by atoms with Crippen LogP contribution in [0.4, 0.5) is 5.69 Å². The van der Waals surface area contributed by atoms with E-state index in [0.717, 1.165) is 61.5 Å². The van der Waals surface area contributed by atoms with Crippen LogP contribution in [-0.4, -0.2) is 53.7 Å². The largest absolute Gasteiger partial charge is 0.360 e. The van der Waals surface area contributed by atoms with E-state index in [1.807, 2.05) is 13.8 Å². The van der Waals surface area contributed by atoms with Crippen LogP contribution in [0, 0.1) is 16.0 Å². The van der Waals surface area contributed by atoms with E-state index >= 15 is 0 Å². The van der Waals surface area contributed by atoms with Crippen LogP contribution in [0.5, 0.6) is 0 Å². The minimum Gasteiger partial charge on any atom is -0.360 e. The van der Waals surface area contributed by atoms with Crippen molar-refractivity contribution in [1.29, 1.82) is 0 Å². The van der Waals surface area contributed by atoms with Crippen LogP contribution in [0.15, 0.2) is 77.4 Å². The highest BCUT2D eigenvalue weighted by molar-refractivity contribution is 5.60. The maximum Gasteiger partial charge on any atom is 0.269 e. The molecule has 1 atom stereocenters. The van der Waals surface area contributed by atoms with Crippen LogP contribution in [-0.2, 0) is 16.0 Å². The summed E-state index contributed by atoms with van der Waals surface area (Å²) in [5, 5.41) is 17.4. The molecule has 0 aliphatic carbocycles. The number of carbonyl (C=O) groups is 2. The van der Waals surface area contributed by atoms with Gasteiger partial charge in [0, 0.05) is 30.1 Å². The van der Waals surface area contributed by atoms with Gasteiger partial charge < -0.3 is 20.4 Å². The van der Waals surface area contributed by atoms with Crippen LogP contribution in [0.25, 0.3) is 0 Å². The number of hydrogen-bond acceptors (Lipinski definition) is 6. The lowest BCUT2D eigenvalue weighted by atomic mass is 9.86. The average molecular weight is 546 g/mol. The van der Waals surface area contributed by atoms with Crippen LogP contribution in [0.2, 0.25) is 0 Å². The summed E-state index contributed by atoms with van der Waals surface area (Å²) in [4.78, 5) is 39.0. The first-order valence-electron chi connectivity index (χ1n) is 14.1. The van der Waals surface area contributed by atoms with Gasteiger partial charge >= 0.3 is 0 Å². The number of piperidine rings is 1. The number of carbonyl (C=O) groups excluding carboxylic acids is 2. The van der Waals surface area contributed by atoms with Crippen molar-refractivity contribution in [2.75, 3.05) is 26.2 Å². The Bertz CT molecular complexity index is 1230. The Balaban J connectivity index is 1.45. The molecule has 2 aromatic carbocycles. The maximum atomic E-state index is 12.5. The minimum atomic E-state index is -0.443. The molecule has 2 N–H and O–H groups in total. The number of nitro groups is 1. The number of nitrogens with one attached hydrogen (secondary N) is 2. The molecule has 1 saturated heterocycles. The summed E-state index contributed by atoms with van der Waals surface area (Å²) in [5.41, 5.74) is 5.23. The van der Waals surface area contributed by atoms with Crippen molar-refractivity contribution in [2.24, 2.45) is 5.92 Å². The molecule has 4 rings (SSSR count). The number of rotatable bonds is 13. The van der Waals surface area contributed by atoms with Gasteiger partial charge in [0.05, 0.1) is 22.2 Å². The summed E-state index contributed by atoms with van der Waals surface area (Å²) < 4.78 is 0. The van der Waals surface area contributed by atoms with Crippen molar-refractivity contribution < 1.29 is 14.5 Å². The van der Waals surface area contributed by atoms with Gasteiger partial charge in [-0.2, -0.15) is 0 Å². The normalized spacial score (nSPS) is 18.3. The summed E-state index contributed by atoms with van der Waals surface area (Å²) in [7, 11) is 0. The molecular weight excluding hydrogens is 506 g/mol. The first kappa shape index (κ1) is 29.0. The van der Waals surface area contributed by atoms with Gasteiger partial charge in [-0.15, -0.1) is 0 Å². The van der Waals surface area contributed by atoms with Crippen molar-refractivity contribution in [3.8, 4) is 0 Å². The number of amides is 2. The molecule has 0 spiro atoms. The highest BCUT2D eigenvalue weighted by Crippen LogP contribution is 2.39. The SMILES string of the molecule is CCC1=C(N(C=O)CCCN2CCC(Cc3ccccc3)CC2)C(c2ccc([N+](=O)[O-])cc2)C(NC=O)=C(C)N1. The first-order chi connectivity index (χ1) is 19.4. The highest BCUT2D eigenvalue weighted by atomic mass is 16.6. The van der Waals surface area contributed by atoms with Crippen LogP contribution >= 0.6 is 0 Å². The summed E-state index contributed by atoms with van der Waals surface area (Å²) in [6, 6.07) is 17.0. The van der Waals surface area contributed by atoms with E-state index in [1.54, 1.807) is 17.0 Å². The minimum absolute atomic E-state index is 0.00990. The van der Waals surface area contributed by atoms with Gasteiger partial charge in [0.1, 0.15) is 0 Å². The molecule has 2 heterocycles. The second-order valence-electron chi connectivity index (χ2n) is 10.6. The molecule has 0 saturated carbocycles.